The first kappa shape index (κ1) is 17.7. The first-order valence-corrected chi connectivity index (χ1v) is 9.31. The lowest BCUT2D eigenvalue weighted by molar-refractivity contribution is 0.178. The van der Waals surface area contributed by atoms with Gasteiger partial charge < -0.3 is 10.2 Å². The summed E-state index contributed by atoms with van der Waals surface area (Å²) in [6.45, 7) is 0.917. The number of H-pyrrole nitrogens is 1. The number of rotatable bonds is 5. The van der Waals surface area contributed by atoms with Gasteiger partial charge in [-0.05, 0) is 43.2 Å². The van der Waals surface area contributed by atoms with E-state index < -0.39 is 0 Å². The number of hydrogen-bond acceptors (Lipinski definition) is 4. The maximum absolute atomic E-state index is 13.7. The number of carbonyl (C=O) groups excluding carboxylic acids is 1. The van der Waals surface area contributed by atoms with Crippen molar-refractivity contribution >= 4 is 6.03 Å². The minimum Gasteiger partial charge on any atom is -0.338 e. The summed E-state index contributed by atoms with van der Waals surface area (Å²) in [5.41, 5.74) is 0.0544. The lowest BCUT2D eigenvalue weighted by Crippen LogP contribution is -2.42. The summed E-state index contributed by atoms with van der Waals surface area (Å²) in [5, 5.41) is 9.51. The number of hydrogen-bond donors (Lipinski definition) is 2. The Morgan fingerprint density at radius 1 is 1.41 bits per heavy atom. The van der Waals surface area contributed by atoms with E-state index in [4.69, 9.17) is 0 Å². The number of aromatic nitrogens is 4. The molecule has 0 spiro atoms. The molecule has 1 aliphatic carbocycles. The zero-order chi connectivity index (χ0) is 19.0. The first-order valence-electron chi connectivity index (χ1n) is 9.31. The topological polar surface area (TPSA) is 95.9 Å². The highest BCUT2D eigenvalue weighted by molar-refractivity contribution is 5.75. The van der Waals surface area contributed by atoms with E-state index in [9.17, 15) is 14.0 Å². The second-order valence-electron chi connectivity index (χ2n) is 7.29. The van der Waals surface area contributed by atoms with Crippen LogP contribution >= 0.6 is 0 Å². The molecule has 1 aliphatic heterocycles. The molecule has 0 radical (unpaired) electrons. The van der Waals surface area contributed by atoms with Crippen LogP contribution in [-0.4, -0.2) is 43.8 Å². The second kappa shape index (κ2) is 7.13. The molecule has 8 nitrogen and oxygen atoms in total. The summed E-state index contributed by atoms with van der Waals surface area (Å²) in [5.74, 6) is 1.13. The maximum atomic E-state index is 13.7. The summed E-state index contributed by atoms with van der Waals surface area (Å²) in [4.78, 5) is 30.4. The van der Waals surface area contributed by atoms with Crippen molar-refractivity contribution in [3.63, 3.8) is 0 Å². The van der Waals surface area contributed by atoms with Gasteiger partial charge in [0.05, 0.1) is 11.7 Å². The van der Waals surface area contributed by atoms with E-state index in [1.807, 2.05) is 0 Å². The largest absolute Gasteiger partial charge is 0.343 e. The van der Waals surface area contributed by atoms with E-state index in [0.29, 0.717) is 42.9 Å². The molecule has 0 bridgehead atoms. The van der Waals surface area contributed by atoms with Crippen molar-refractivity contribution in [3.8, 4) is 0 Å². The Labute approximate surface area is 155 Å². The highest BCUT2D eigenvalue weighted by Gasteiger charge is 2.47. The molecular weight excluding hydrogens is 351 g/mol. The first-order chi connectivity index (χ1) is 13.1. The lowest BCUT2D eigenvalue weighted by Gasteiger charge is -2.27. The summed E-state index contributed by atoms with van der Waals surface area (Å²) in [6, 6.07) is 2.47. The number of pyridine rings is 1. The summed E-state index contributed by atoms with van der Waals surface area (Å²) >= 11 is 0. The summed E-state index contributed by atoms with van der Waals surface area (Å²) in [6.07, 6.45) is 5.08. The van der Waals surface area contributed by atoms with Crippen LogP contribution in [0.3, 0.4) is 0 Å². The molecule has 4 rings (SSSR count). The Balaban J connectivity index is 1.46. The second-order valence-corrected chi connectivity index (χ2v) is 7.29. The van der Waals surface area contributed by atoms with Gasteiger partial charge in [0, 0.05) is 32.8 Å². The minimum atomic E-state index is -0.369. The van der Waals surface area contributed by atoms with E-state index in [-0.39, 0.29) is 23.6 Å². The maximum Gasteiger partial charge on any atom is 0.343 e. The Morgan fingerprint density at radius 2 is 2.22 bits per heavy atom. The number of carbonyl (C=O) groups is 1. The van der Waals surface area contributed by atoms with E-state index in [1.165, 1.54) is 16.8 Å². The molecule has 27 heavy (non-hydrogen) atoms. The van der Waals surface area contributed by atoms with Crippen molar-refractivity contribution < 1.29 is 9.18 Å². The fraction of sp³-hybridized carbons (Fsp3) is 0.556. The molecule has 1 saturated heterocycles. The quantitative estimate of drug-likeness (QED) is 0.826. The minimum absolute atomic E-state index is 0.213. The molecular formula is C18H23FN6O2. The predicted octanol–water partition coefficient (Wildman–Crippen LogP) is 1.37. The van der Waals surface area contributed by atoms with Crippen LogP contribution in [0.15, 0.2) is 23.1 Å². The van der Waals surface area contributed by atoms with Crippen LogP contribution in [0, 0.1) is 17.7 Å². The van der Waals surface area contributed by atoms with Gasteiger partial charge in [-0.3, -0.25) is 9.55 Å². The lowest BCUT2D eigenvalue weighted by atomic mass is 9.94. The highest BCUT2D eigenvalue weighted by atomic mass is 19.1. The third-order valence-corrected chi connectivity index (χ3v) is 5.58. The van der Waals surface area contributed by atoms with Crippen LogP contribution in [-0.2, 0) is 13.5 Å². The molecule has 2 atom stereocenters. The smallest absolute Gasteiger partial charge is 0.338 e. The van der Waals surface area contributed by atoms with Gasteiger partial charge in [-0.1, -0.05) is 0 Å². The van der Waals surface area contributed by atoms with Crippen LogP contribution in [0.25, 0.3) is 0 Å². The number of aromatic amines is 1. The Morgan fingerprint density at radius 3 is 2.89 bits per heavy atom. The van der Waals surface area contributed by atoms with Crippen LogP contribution in [0.1, 0.15) is 36.8 Å². The number of urea groups is 1. The highest BCUT2D eigenvalue weighted by Crippen LogP contribution is 2.49. The molecule has 2 unspecified atom stereocenters. The molecule has 2 aromatic heterocycles. The number of likely N-dealkylation sites (tertiary alicyclic amines) is 1. The van der Waals surface area contributed by atoms with Gasteiger partial charge in [-0.15, -0.1) is 0 Å². The molecule has 3 heterocycles. The van der Waals surface area contributed by atoms with Gasteiger partial charge in [0.15, 0.2) is 5.82 Å². The van der Waals surface area contributed by atoms with E-state index in [2.05, 4.69) is 20.5 Å². The standard InChI is InChI=1S/C18H23FN6O2/c1-24-16(22-23-18(24)27)15-12(11-4-5-11)7-10-25(15)17(26)21-9-6-14-13(19)3-2-8-20-14/h2-3,8,11-12,15H,4-7,9-10H2,1H3,(H,21,26)(H,23,27). The number of amides is 2. The van der Waals surface area contributed by atoms with E-state index in [1.54, 1.807) is 18.0 Å². The van der Waals surface area contributed by atoms with Crippen molar-refractivity contribution in [2.24, 2.45) is 18.9 Å². The van der Waals surface area contributed by atoms with Crippen LogP contribution in [0.4, 0.5) is 9.18 Å². The van der Waals surface area contributed by atoms with Gasteiger partial charge in [0.1, 0.15) is 5.82 Å². The molecule has 2 amide bonds. The number of nitrogens with one attached hydrogen (secondary N) is 2. The van der Waals surface area contributed by atoms with E-state index in [0.717, 1.165) is 19.3 Å². The number of nitrogens with zero attached hydrogens (tertiary/aromatic N) is 4. The molecule has 1 saturated carbocycles. The van der Waals surface area contributed by atoms with Gasteiger partial charge >= 0.3 is 11.7 Å². The van der Waals surface area contributed by atoms with Crippen LogP contribution in [0.2, 0.25) is 0 Å². The van der Waals surface area contributed by atoms with Gasteiger partial charge in [-0.25, -0.2) is 19.1 Å². The fourth-order valence-corrected chi connectivity index (χ4v) is 4.01. The molecule has 0 aromatic carbocycles. The van der Waals surface area contributed by atoms with Crippen molar-refractivity contribution in [2.75, 3.05) is 13.1 Å². The normalized spacial score (nSPS) is 22.2. The average Bonchev–Trinajstić information content (AvgIpc) is 3.33. The monoisotopic (exact) mass is 374 g/mol. The van der Waals surface area contributed by atoms with Crippen molar-refractivity contribution in [1.82, 2.24) is 30.0 Å². The number of halogens is 1. The van der Waals surface area contributed by atoms with Crippen LogP contribution in [0.5, 0.6) is 0 Å². The zero-order valence-electron chi connectivity index (χ0n) is 15.2. The molecule has 2 fully saturated rings. The molecule has 2 aliphatic rings. The molecule has 144 valence electrons. The third-order valence-electron chi connectivity index (χ3n) is 5.58. The molecule has 2 aromatic rings. The molecule has 9 heteroatoms. The predicted molar refractivity (Wildman–Crippen MR) is 95.4 cm³/mol. The Bertz CT molecular complexity index is 890. The summed E-state index contributed by atoms with van der Waals surface area (Å²) in [7, 11) is 1.67. The third kappa shape index (κ3) is 3.45. The van der Waals surface area contributed by atoms with Crippen molar-refractivity contribution in [2.45, 2.75) is 31.7 Å². The van der Waals surface area contributed by atoms with Crippen molar-refractivity contribution in [3.05, 3.63) is 46.1 Å². The van der Waals surface area contributed by atoms with Crippen molar-refractivity contribution in [1.29, 1.82) is 0 Å². The Kier molecular flexibility index (Phi) is 4.67. The zero-order valence-corrected chi connectivity index (χ0v) is 15.2. The Hall–Kier alpha value is -2.71. The van der Waals surface area contributed by atoms with Gasteiger partial charge in [0.25, 0.3) is 0 Å². The van der Waals surface area contributed by atoms with Crippen LogP contribution < -0.4 is 11.0 Å². The van der Waals surface area contributed by atoms with Gasteiger partial charge in [-0.2, -0.15) is 5.10 Å². The van der Waals surface area contributed by atoms with E-state index >= 15 is 0 Å². The van der Waals surface area contributed by atoms with Gasteiger partial charge in [0.2, 0.25) is 0 Å². The average molecular weight is 374 g/mol. The SMILES string of the molecule is Cn1c(C2C(C3CC3)CCN2C(=O)NCCc2ncccc2F)n[nH]c1=O. The molecule has 2 N–H and O–H groups in total. The fourth-order valence-electron chi connectivity index (χ4n) is 4.01. The summed E-state index contributed by atoms with van der Waals surface area (Å²) < 4.78 is 15.1.